The molecule has 0 fully saturated rings. The minimum absolute atomic E-state index is 0.611. The molecule has 0 radical (unpaired) electrons. The van der Waals surface area contributed by atoms with Crippen LogP contribution in [-0.4, -0.2) is 19.9 Å². The van der Waals surface area contributed by atoms with Gasteiger partial charge in [0.05, 0.1) is 12.2 Å². The van der Waals surface area contributed by atoms with Crippen LogP contribution in [0, 0.1) is 13.8 Å². The summed E-state index contributed by atoms with van der Waals surface area (Å²) in [5.41, 5.74) is 3.93. The van der Waals surface area contributed by atoms with E-state index < -0.39 is 0 Å². The molecule has 0 aliphatic heterocycles. The van der Waals surface area contributed by atoms with Gasteiger partial charge in [0, 0.05) is 34.7 Å². The Balaban J connectivity index is 1.70. The van der Waals surface area contributed by atoms with Crippen LogP contribution >= 0.6 is 11.3 Å². The summed E-state index contributed by atoms with van der Waals surface area (Å²) >= 11 is 1.61. The lowest BCUT2D eigenvalue weighted by Gasteiger charge is -2.04. The lowest BCUT2D eigenvalue weighted by Crippen LogP contribution is -2.05. The number of rotatable bonds is 4. The van der Waals surface area contributed by atoms with E-state index >= 15 is 0 Å². The standard InChI is InChI=1S/C15H15N5S/c1-10-6-11(2)19-15(18-10)17-8-13-9-21-14(20-13)12-4-3-5-16-7-12/h3-7,9H,8H2,1-2H3,(H,17,18,19). The van der Waals surface area contributed by atoms with Crippen LogP contribution in [0.15, 0.2) is 36.0 Å². The Bertz CT molecular complexity index is 719. The molecule has 1 N–H and O–H groups in total. The van der Waals surface area contributed by atoms with Crippen molar-refractivity contribution in [2.24, 2.45) is 0 Å². The lowest BCUT2D eigenvalue weighted by atomic mass is 10.3. The highest BCUT2D eigenvalue weighted by Gasteiger charge is 2.05. The van der Waals surface area contributed by atoms with E-state index in [0.717, 1.165) is 27.7 Å². The maximum Gasteiger partial charge on any atom is 0.223 e. The van der Waals surface area contributed by atoms with Crippen molar-refractivity contribution in [3.05, 3.63) is 53.1 Å². The maximum atomic E-state index is 4.60. The van der Waals surface area contributed by atoms with Crippen molar-refractivity contribution in [1.82, 2.24) is 19.9 Å². The van der Waals surface area contributed by atoms with Gasteiger partial charge in [-0.25, -0.2) is 15.0 Å². The second-order valence-corrected chi connectivity index (χ2v) is 5.57. The molecule has 3 aromatic heterocycles. The van der Waals surface area contributed by atoms with Crippen molar-refractivity contribution in [2.45, 2.75) is 20.4 Å². The molecule has 0 spiro atoms. The first kappa shape index (κ1) is 13.6. The van der Waals surface area contributed by atoms with E-state index in [4.69, 9.17) is 0 Å². The van der Waals surface area contributed by atoms with Crippen LogP contribution in [0.25, 0.3) is 10.6 Å². The third-order valence-electron chi connectivity index (χ3n) is 2.87. The van der Waals surface area contributed by atoms with Crippen molar-refractivity contribution in [1.29, 1.82) is 0 Å². The SMILES string of the molecule is Cc1cc(C)nc(NCc2csc(-c3cccnc3)n2)n1. The van der Waals surface area contributed by atoms with Crippen molar-refractivity contribution in [2.75, 3.05) is 5.32 Å². The molecule has 5 nitrogen and oxygen atoms in total. The Morgan fingerprint density at radius 2 is 1.95 bits per heavy atom. The number of aromatic nitrogens is 4. The molecule has 21 heavy (non-hydrogen) atoms. The Hall–Kier alpha value is -2.34. The molecule has 0 saturated carbocycles. The van der Waals surface area contributed by atoms with Gasteiger partial charge in [-0.1, -0.05) is 0 Å². The third kappa shape index (κ3) is 3.41. The van der Waals surface area contributed by atoms with Crippen LogP contribution in [0.4, 0.5) is 5.95 Å². The predicted molar refractivity (Wildman–Crippen MR) is 84.2 cm³/mol. The molecule has 6 heteroatoms. The highest BCUT2D eigenvalue weighted by Crippen LogP contribution is 2.22. The summed E-state index contributed by atoms with van der Waals surface area (Å²) in [6.45, 7) is 4.53. The molecule has 0 saturated heterocycles. The molecule has 0 unspecified atom stereocenters. The van der Waals surface area contributed by atoms with E-state index in [-0.39, 0.29) is 0 Å². The second-order valence-electron chi connectivity index (χ2n) is 4.71. The monoisotopic (exact) mass is 297 g/mol. The molecule has 0 aliphatic carbocycles. The first-order valence-electron chi connectivity index (χ1n) is 6.62. The number of aryl methyl sites for hydroxylation is 2. The van der Waals surface area contributed by atoms with E-state index in [1.165, 1.54) is 0 Å². The van der Waals surface area contributed by atoms with Gasteiger partial charge in [-0.15, -0.1) is 11.3 Å². The van der Waals surface area contributed by atoms with Crippen LogP contribution in [-0.2, 0) is 6.54 Å². The molecule has 0 atom stereocenters. The first-order chi connectivity index (χ1) is 10.2. The van der Waals surface area contributed by atoms with Gasteiger partial charge >= 0.3 is 0 Å². The summed E-state index contributed by atoms with van der Waals surface area (Å²) in [4.78, 5) is 17.4. The van der Waals surface area contributed by atoms with Crippen LogP contribution in [0.3, 0.4) is 0 Å². The molecule has 106 valence electrons. The minimum Gasteiger partial charge on any atom is -0.349 e. The third-order valence-corrected chi connectivity index (χ3v) is 3.81. The molecule has 3 heterocycles. The van der Waals surface area contributed by atoms with Crippen LogP contribution in [0.5, 0.6) is 0 Å². The molecule has 0 aromatic carbocycles. The predicted octanol–water partition coefficient (Wildman–Crippen LogP) is 3.22. The van der Waals surface area contributed by atoms with Gasteiger partial charge in [-0.2, -0.15) is 0 Å². The van der Waals surface area contributed by atoms with Gasteiger partial charge in [0.2, 0.25) is 5.95 Å². The number of anilines is 1. The van der Waals surface area contributed by atoms with E-state index in [1.807, 2.05) is 43.6 Å². The number of thiazole rings is 1. The van der Waals surface area contributed by atoms with Crippen LogP contribution in [0.2, 0.25) is 0 Å². The van der Waals surface area contributed by atoms with E-state index in [2.05, 4.69) is 25.3 Å². The van der Waals surface area contributed by atoms with Gasteiger partial charge < -0.3 is 5.32 Å². The van der Waals surface area contributed by atoms with Crippen LogP contribution < -0.4 is 5.32 Å². The topological polar surface area (TPSA) is 63.6 Å². The number of nitrogens with one attached hydrogen (secondary N) is 1. The van der Waals surface area contributed by atoms with Gasteiger partial charge in [0.25, 0.3) is 0 Å². The van der Waals surface area contributed by atoms with E-state index in [1.54, 1.807) is 17.5 Å². The summed E-state index contributed by atoms with van der Waals surface area (Å²) in [6, 6.07) is 5.88. The zero-order valence-electron chi connectivity index (χ0n) is 11.9. The van der Waals surface area contributed by atoms with E-state index in [9.17, 15) is 0 Å². The van der Waals surface area contributed by atoms with Crippen molar-refractivity contribution in [3.63, 3.8) is 0 Å². The molecule has 3 rings (SSSR count). The zero-order valence-corrected chi connectivity index (χ0v) is 12.7. The smallest absolute Gasteiger partial charge is 0.223 e. The van der Waals surface area contributed by atoms with Crippen LogP contribution in [0.1, 0.15) is 17.1 Å². The Labute approximate surface area is 127 Å². The molecule has 0 bridgehead atoms. The summed E-state index contributed by atoms with van der Waals surface area (Å²) in [5, 5.41) is 6.23. The number of pyridine rings is 1. The normalized spacial score (nSPS) is 10.6. The highest BCUT2D eigenvalue weighted by atomic mass is 32.1. The minimum atomic E-state index is 0.611. The largest absolute Gasteiger partial charge is 0.349 e. The Kier molecular flexibility index (Phi) is 3.87. The van der Waals surface area contributed by atoms with Gasteiger partial charge in [0.15, 0.2) is 0 Å². The fourth-order valence-electron chi connectivity index (χ4n) is 1.98. The quantitative estimate of drug-likeness (QED) is 0.801. The molecule has 0 aliphatic rings. The van der Waals surface area contributed by atoms with Gasteiger partial charge in [-0.05, 0) is 32.0 Å². The number of nitrogens with zero attached hydrogens (tertiary/aromatic N) is 4. The van der Waals surface area contributed by atoms with Gasteiger partial charge in [0.1, 0.15) is 5.01 Å². The average Bonchev–Trinajstić information content (AvgIpc) is 2.94. The van der Waals surface area contributed by atoms with Gasteiger partial charge in [-0.3, -0.25) is 4.98 Å². The summed E-state index contributed by atoms with van der Waals surface area (Å²) < 4.78 is 0. The molecular weight excluding hydrogens is 282 g/mol. The lowest BCUT2D eigenvalue weighted by molar-refractivity contribution is 0.985. The fraction of sp³-hybridized carbons (Fsp3) is 0.200. The fourth-order valence-corrected chi connectivity index (χ4v) is 2.80. The first-order valence-corrected chi connectivity index (χ1v) is 7.49. The number of hydrogen-bond acceptors (Lipinski definition) is 6. The van der Waals surface area contributed by atoms with Crippen molar-refractivity contribution in [3.8, 4) is 10.6 Å². The number of hydrogen-bond donors (Lipinski definition) is 1. The van der Waals surface area contributed by atoms with E-state index in [0.29, 0.717) is 12.5 Å². The second kappa shape index (κ2) is 5.97. The maximum absolute atomic E-state index is 4.60. The molecular formula is C15H15N5S. The van der Waals surface area contributed by atoms with Crippen molar-refractivity contribution < 1.29 is 0 Å². The van der Waals surface area contributed by atoms with Crippen molar-refractivity contribution >= 4 is 17.3 Å². The zero-order chi connectivity index (χ0) is 14.7. The Morgan fingerprint density at radius 3 is 2.67 bits per heavy atom. The average molecular weight is 297 g/mol. The molecule has 3 aromatic rings. The summed E-state index contributed by atoms with van der Waals surface area (Å²) in [5.74, 6) is 0.642. The highest BCUT2D eigenvalue weighted by molar-refractivity contribution is 7.13. The summed E-state index contributed by atoms with van der Waals surface area (Å²) in [6.07, 6.45) is 3.58. The Morgan fingerprint density at radius 1 is 1.14 bits per heavy atom. The molecule has 0 amide bonds. The summed E-state index contributed by atoms with van der Waals surface area (Å²) in [7, 11) is 0.